The fraction of sp³-hybridized carbons (Fsp3) is 0.733. The Balaban J connectivity index is 1.92. The molecule has 0 bridgehead atoms. The van der Waals surface area contributed by atoms with Gasteiger partial charge in [-0.2, -0.15) is 0 Å². The fourth-order valence-corrected chi connectivity index (χ4v) is 2.55. The number of rotatable bonds is 6. The molecule has 108 valence electrons. The summed E-state index contributed by atoms with van der Waals surface area (Å²) >= 11 is 0. The molecule has 4 heteroatoms. The van der Waals surface area contributed by atoms with Gasteiger partial charge in [-0.05, 0) is 26.0 Å². The van der Waals surface area contributed by atoms with Crippen molar-refractivity contribution >= 4 is 0 Å². The van der Waals surface area contributed by atoms with Gasteiger partial charge >= 0.3 is 0 Å². The van der Waals surface area contributed by atoms with Crippen LogP contribution in [0, 0.1) is 0 Å². The average molecular weight is 266 g/mol. The molecule has 1 aliphatic heterocycles. The Bertz CT molecular complexity index is 378. The van der Waals surface area contributed by atoms with Gasteiger partial charge in [-0.25, -0.2) is 0 Å². The molecule has 1 aromatic rings. The summed E-state index contributed by atoms with van der Waals surface area (Å²) < 4.78 is 11.4. The molecular formula is C15H26N2O2. The van der Waals surface area contributed by atoms with Crippen LogP contribution in [-0.2, 0) is 17.8 Å². The molecule has 4 nitrogen and oxygen atoms in total. The van der Waals surface area contributed by atoms with Crippen LogP contribution in [0.25, 0.3) is 0 Å². The molecule has 2 rings (SSSR count). The summed E-state index contributed by atoms with van der Waals surface area (Å²) in [4.78, 5) is 2.48. The van der Waals surface area contributed by atoms with Crippen molar-refractivity contribution in [1.29, 1.82) is 0 Å². The third kappa shape index (κ3) is 4.06. The van der Waals surface area contributed by atoms with Crippen LogP contribution in [0.3, 0.4) is 0 Å². The zero-order valence-corrected chi connectivity index (χ0v) is 12.3. The van der Waals surface area contributed by atoms with E-state index in [2.05, 4.69) is 37.1 Å². The van der Waals surface area contributed by atoms with E-state index in [4.69, 9.17) is 9.15 Å². The van der Waals surface area contributed by atoms with Gasteiger partial charge in [-0.3, -0.25) is 4.90 Å². The first-order chi connectivity index (χ1) is 9.22. The third-order valence-electron chi connectivity index (χ3n) is 3.70. The largest absolute Gasteiger partial charge is 0.468 e. The van der Waals surface area contributed by atoms with Crippen LogP contribution in [-0.4, -0.2) is 36.7 Å². The van der Waals surface area contributed by atoms with Gasteiger partial charge in [0.1, 0.15) is 5.76 Å². The fourth-order valence-electron chi connectivity index (χ4n) is 2.55. The maximum atomic E-state index is 5.73. The van der Waals surface area contributed by atoms with Crippen molar-refractivity contribution in [1.82, 2.24) is 10.2 Å². The minimum atomic E-state index is 0.319. The van der Waals surface area contributed by atoms with E-state index < -0.39 is 0 Å². The highest BCUT2D eigenvalue weighted by molar-refractivity contribution is 5.12. The lowest BCUT2D eigenvalue weighted by atomic mass is 10.1. The van der Waals surface area contributed by atoms with E-state index in [-0.39, 0.29) is 0 Å². The Morgan fingerprint density at radius 3 is 3.00 bits per heavy atom. The summed E-state index contributed by atoms with van der Waals surface area (Å²) in [6.07, 6.45) is 3.31. The van der Waals surface area contributed by atoms with Gasteiger partial charge in [-0.1, -0.05) is 13.8 Å². The van der Waals surface area contributed by atoms with Crippen molar-refractivity contribution in [3.05, 3.63) is 23.7 Å². The molecule has 1 N–H and O–H groups in total. The van der Waals surface area contributed by atoms with Gasteiger partial charge in [0.25, 0.3) is 0 Å². The molecule has 0 amide bonds. The minimum Gasteiger partial charge on any atom is -0.468 e. The summed E-state index contributed by atoms with van der Waals surface area (Å²) in [5.41, 5.74) is 1.23. The molecule has 0 aromatic carbocycles. The summed E-state index contributed by atoms with van der Waals surface area (Å²) in [6.45, 7) is 11.0. The first kappa shape index (κ1) is 14.6. The van der Waals surface area contributed by atoms with E-state index in [1.807, 2.05) is 6.26 Å². The average Bonchev–Trinajstić information content (AvgIpc) is 2.84. The van der Waals surface area contributed by atoms with Crippen molar-refractivity contribution in [2.24, 2.45) is 0 Å². The highest BCUT2D eigenvalue weighted by Gasteiger charge is 2.26. The van der Waals surface area contributed by atoms with E-state index in [0.717, 1.165) is 45.0 Å². The summed E-state index contributed by atoms with van der Waals surface area (Å²) in [5, 5.41) is 3.31. The Morgan fingerprint density at radius 2 is 2.26 bits per heavy atom. The molecule has 1 fully saturated rings. The molecule has 1 aromatic heterocycles. The first-order valence-corrected chi connectivity index (χ1v) is 7.35. The monoisotopic (exact) mass is 266 g/mol. The lowest BCUT2D eigenvalue weighted by Gasteiger charge is -2.37. The number of hydrogen-bond acceptors (Lipinski definition) is 4. The van der Waals surface area contributed by atoms with Gasteiger partial charge in [0.15, 0.2) is 0 Å². The Morgan fingerprint density at radius 1 is 1.42 bits per heavy atom. The zero-order chi connectivity index (χ0) is 13.7. The van der Waals surface area contributed by atoms with E-state index in [1.54, 1.807) is 0 Å². The zero-order valence-electron chi connectivity index (χ0n) is 12.3. The SMILES string of the molecule is CCNCc1coc(CN2CC(C)OCC2CC)c1. The van der Waals surface area contributed by atoms with E-state index in [9.17, 15) is 0 Å². The van der Waals surface area contributed by atoms with Gasteiger partial charge in [0, 0.05) is 24.7 Å². The minimum absolute atomic E-state index is 0.319. The Labute approximate surface area is 116 Å². The van der Waals surface area contributed by atoms with Crippen LogP contribution in [0.1, 0.15) is 38.5 Å². The van der Waals surface area contributed by atoms with Crippen LogP contribution in [0.4, 0.5) is 0 Å². The van der Waals surface area contributed by atoms with Crippen molar-refractivity contribution in [2.45, 2.75) is 52.4 Å². The molecule has 2 atom stereocenters. The van der Waals surface area contributed by atoms with E-state index in [0.29, 0.717) is 12.1 Å². The predicted molar refractivity (Wildman–Crippen MR) is 76.0 cm³/mol. The van der Waals surface area contributed by atoms with Crippen LogP contribution < -0.4 is 5.32 Å². The Kier molecular flexibility index (Phi) is 5.43. The molecule has 0 saturated carbocycles. The van der Waals surface area contributed by atoms with Crippen LogP contribution in [0.5, 0.6) is 0 Å². The number of furan rings is 1. The molecule has 0 aliphatic carbocycles. The van der Waals surface area contributed by atoms with Gasteiger partial charge < -0.3 is 14.5 Å². The van der Waals surface area contributed by atoms with Crippen LogP contribution in [0.2, 0.25) is 0 Å². The lowest BCUT2D eigenvalue weighted by Crippen LogP contribution is -2.47. The Hall–Kier alpha value is -0.840. The highest BCUT2D eigenvalue weighted by Crippen LogP contribution is 2.19. The van der Waals surface area contributed by atoms with Gasteiger partial charge in [-0.15, -0.1) is 0 Å². The smallest absolute Gasteiger partial charge is 0.118 e. The van der Waals surface area contributed by atoms with Gasteiger partial charge in [0.05, 0.1) is 25.5 Å². The molecule has 0 radical (unpaired) electrons. The molecule has 2 heterocycles. The molecule has 0 spiro atoms. The lowest BCUT2D eigenvalue weighted by molar-refractivity contribution is -0.0610. The topological polar surface area (TPSA) is 37.6 Å². The number of hydrogen-bond donors (Lipinski definition) is 1. The molecule has 2 unspecified atom stereocenters. The van der Waals surface area contributed by atoms with Crippen molar-refractivity contribution in [3.8, 4) is 0 Å². The van der Waals surface area contributed by atoms with Crippen molar-refractivity contribution in [3.63, 3.8) is 0 Å². The number of nitrogens with zero attached hydrogens (tertiary/aromatic N) is 1. The van der Waals surface area contributed by atoms with Gasteiger partial charge in [0.2, 0.25) is 0 Å². The maximum absolute atomic E-state index is 5.73. The second-order valence-corrected chi connectivity index (χ2v) is 5.34. The van der Waals surface area contributed by atoms with Crippen LogP contribution >= 0.6 is 0 Å². The first-order valence-electron chi connectivity index (χ1n) is 7.35. The number of nitrogens with one attached hydrogen (secondary N) is 1. The summed E-state index contributed by atoms with van der Waals surface area (Å²) in [7, 11) is 0. The standard InChI is InChI=1S/C15H26N2O2/c1-4-14-11-18-12(3)8-17(14)9-15-6-13(10-19-15)7-16-5-2/h6,10,12,14,16H,4-5,7-9,11H2,1-3H3. The molecule has 1 saturated heterocycles. The van der Waals surface area contributed by atoms with Crippen molar-refractivity contribution in [2.75, 3.05) is 19.7 Å². The summed E-state index contributed by atoms with van der Waals surface area (Å²) in [6, 6.07) is 2.67. The van der Waals surface area contributed by atoms with E-state index >= 15 is 0 Å². The summed E-state index contributed by atoms with van der Waals surface area (Å²) in [5.74, 6) is 1.06. The number of morpholine rings is 1. The predicted octanol–water partition coefficient (Wildman–Crippen LogP) is 2.39. The normalized spacial score (nSPS) is 24.8. The molecular weight excluding hydrogens is 240 g/mol. The third-order valence-corrected chi connectivity index (χ3v) is 3.70. The second kappa shape index (κ2) is 7.08. The van der Waals surface area contributed by atoms with Crippen LogP contribution in [0.15, 0.2) is 16.7 Å². The van der Waals surface area contributed by atoms with Crippen molar-refractivity contribution < 1.29 is 9.15 Å². The molecule has 19 heavy (non-hydrogen) atoms. The number of ether oxygens (including phenoxy) is 1. The second-order valence-electron chi connectivity index (χ2n) is 5.34. The quantitative estimate of drug-likeness (QED) is 0.858. The van der Waals surface area contributed by atoms with E-state index in [1.165, 1.54) is 5.56 Å². The highest BCUT2D eigenvalue weighted by atomic mass is 16.5. The molecule has 1 aliphatic rings. The maximum Gasteiger partial charge on any atom is 0.118 e.